The van der Waals surface area contributed by atoms with Crippen molar-refractivity contribution in [2.75, 3.05) is 0 Å². The standard InChI is InChI=1S/C16H21N5O/c1-2-3-4-5-6-7-15-19-20-16(22-15)14-10-8-13(9-11-14)12-18-21-17/h8-11H,2-7,12H2,1H3. The lowest BCUT2D eigenvalue weighted by atomic mass is 10.1. The molecule has 0 aliphatic rings. The summed E-state index contributed by atoms with van der Waals surface area (Å²) in [6.45, 7) is 2.56. The Bertz CT molecular complexity index is 614. The summed E-state index contributed by atoms with van der Waals surface area (Å²) in [7, 11) is 0. The van der Waals surface area contributed by atoms with E-state index in [-0.39, 0.29) is 0 Å². The summed E-state index contributed by atoms with van der Waals surface area (Å²) in [6.07, 6.45) is 6.94. The predicted octanol–water partition coefficient (Wildman–Crippen LogP) is 5.06. The molecule has 1 aromatic carbocycles. The lowest BCUT2D eigenvalue weighted by Crippen LogP contribution is -1.86. The van der Waals surface area contributed by atoms with Crippen molar-refractivity contribution >= 4 is 0 Å². The Morgan fingerprint density at radius 3 is 2.59 bits per heavy atom. The van der Waals surface area contributed by atoms with Gasteiger partial charge in [0.25, 0.3) is 0 Å². The van der Waals surface area contributed by atoms with Crippen molar-refractivity contribution in [3.63, 3.8) is 0 Å². The average Bonchev–Trinajstić information content (AvgIpc) is 3.02. The largest absolute Gasteiger partial charge is 0.421 e. The van der Waals surface area contributed by atoms with Gasteiger partial charge in [-0.3, -0.25) is 0 Å². The van der Waals surface area contributed by atoms with Crippen molar-refractivity contribution in [3.05, 3.63) is 46.2 Å². The molecule has 6 heteroatoms. The van der Waals surface area contributed by atoms with E-state index in [2.05, 4.69) is 27.1 Å². The van der Waals surface area contributed by atoms with Gasteiger partial charge in [0, 0.05) is 16.9 Å². The molecule has 0 saturated heterocycles. The van der Waals surface area contributed by atoms with Crippen LogP contribution in [0.3, 0.4) is 0 Å². The molecule has 0 bridgehead atoms. The summed E-state index contributed by atoms with van der Waals surface area (Å²) in [4.78, 5) is 2.75. The maximum atomic E-state index is 8.31. The van der Waals surface area contributed by atoms with Gasteiger partial charge in [-0.15, -0.1) is 10.2 Å². The molecule has 0 N–H and O–H groups in total. The Hall–Kier alpha value is -2.33. The molecule has 0 fully saturated rings. The van der Waals surface area contributed by atoms with E-state index in [1.54, 1.807) is 0 Å². The van der Waals surface area contributed by atoms with Gasteiger partial charge in [0.2, 0.25) is 11.8 Å². The van der Waals surface area contributed by atoms with Crippen molar-refractivity contribution in [2.45, 2.75) is 52.0 Å². The molecule has 0 aliphatic carbocycles. The van der Waals surface area contributed by atoms with Gasteiger partial charge >= 0.3 is 0 Å². The molecule has 0 amide bonds. The highest BCUT2D eigenvalue weighted by Gasteiger charge is 2.08. The van der Waals surface area contributed by atoms with Crippen LogP contribution in [0, 0.1) is 0 Å². The maximum absolute atomic E-state index is 8.31. The molecule has 116 valence electrons. The smallest absolute Gasteiger partial charge is 0.247 e. The number of hydrogen-bond donors (Lipinski definition) is 0. The van der Waals surface area contributed by atoms with Gasteiger partial charge in [0.15, 0.2) is 0 Å². The van der Waals surface area contributed by atoms with E-state index in [0.29, 0.717) is 18.3 Å². The van der Waals surface area contributed by atoms with Crippen molar-refractivity contribution in [2.24, 2.45) is 5.11 Å². The normalized spacial score (nSPS) is 10.4. The molecule has 0 spiro atoms. The molecule has 2 rings (SSSR count). The second kappa shape index (κ2) is 8.85. The minimum Gasteiger partial charge on any atom is -0.421 e. The summed E-state index contributed by atoms with van der Waals surface area (Å²) in [5.74, 6) is 1.24. The van der Waals surface area contributed by atoms with Gasteiger partial charge in [-0.1, -0.05) is 49.9 Å². The zero-order valence-electron chi connectivity index (χ0n) is 12.9. The highest BCUT2D eigenvalue weighted by Crippen LogP contribution is 2.19. The molecule has 0 saturated carbocycles. The molecular formula is C16H21N5O. The highest BCUT2D eigenvalue weighted by molar-refractivity contribution is 5.52. The van der Waals surface area contributed by atoms with Crippen LogP contribution in [0.5, 0.6) is 0 Å². The summed E-state index contributed by atoms with van der Waals surface area (Å²) in [5.41, 5.74) is 10.1. The summed E-state index contributed by atoms with van der Waals surface area (Å²) < 4.78 is 5.69. The topological polar surface area (TPSA) is 87.7 Å². The predicted molar refractivity (Wildman–Crippen MR) is 85.0 cm³/mol. The van der Waals surface area contributed by atoms with Crippen LogP contribution in [0.15, 0.2) is 33.8 Å². The summed E-state index contributed by atoms with van der Waals surface area (Å²) in [6, 6.07) is 7.61. The Balaban J connectivity index is 1.89. The van der Waals surface area contributed by atoms with E-state index in [9.17, 15) is 0 Å². The van der Waals surface area contributed by atoms with E-state index in [1.807, 2.05) is 24.3 Å². The molecule has 0 atom stereocenters. The number of aromatic nitrogens is 2. The first kappa shape index (κ1) is 16.0. The van der Waals surface area contributed by atoms with Gasteiger partial charge < -0.3 is 4.42 Å². The van der Waals surface area contributed by atoms with E-state index in [4.69, 9.17) is 9.95 Å². The third-order valence-electron chi connectivity index (χ3n) is 3.48. The van der Waals surface area contributed by atoms with Crippen molar-refractivity contribution in [3.8, 4) is 11.5 Å². The maximum Gasteiger partial charge on any atom is 0.247 e. The van der Waals surface area contributed by atoms with Crippen molar-refractivity contribution in [1.82, 2.24) is 10.2 Å². The van der Waals surface area contributed by atoms with E-state index in [1.165, 1.54) is 25.7 Å². The van der Waals surface area contributed by atoms with E-state index >= 15 is 0 Å². The zero-order valence-corrected chi connectivity index (χ0v) is 12.9. The Kier molecular flexibility index (Phi) is 6.45. The third-order valence-corrected chi connectivity index (χ3v) is 3.48. The number of aryl methyl sites for hydroxylation is 1. The first-order chi connectivity index (χ1) is 10.8. The second-order valence-corrected chi connectivity index (χ2v) is 5.25. The highest BCUT2D eigenvalue weighted by atomic mass is 16.4. The first-order valence-electron chi connectivity index (χ1n) is 7.76. The lowest BCUT2D eigenvalue weighted by Gasteiger charge is -1.98. The molecule has 0 radical (unpaired) electrons. The minimum atomic E-state index is 0.351. The number of hydrogen-bond acceptors (Lipinski definition) is 4. The van der Waals surface area contributed by atoms with Crippen LogP contribution in [0.2, 0.25) is 0 Å². The van der Waals surface area contributed by atoms with Gasteiger partial charge in [-0.05, 0) is 29.6 Å². The summed E-state index contributed by atoms with van der Waals surface area (Å²) in [5, 5.41) is 11.7. The first-order valence-corrected chi connectivity index (χ1v) is 7.76. The van der Waals surface area contributed by atoms with Crippen LogP contribution >= 0.6 is 0 Å². The molecule has 1 aromatic heterocycles. The van der Waals surface area contributed by atoms with Gasteiger partial charge in [-0.25, -0.2) is 0 Å². The van der Waals surface area contributed by atoms with E-state index in [0.717, 1.165) is 24.0 Å². The fraction of sp³-hybridized carbons (Fsp3) is 0.500. The molecule has 0 aliphatic heterocycles. The average molecular weight is 299 g/mol. The Labute approximate surface area is 130 Å². The molecular weight excluding hydrogens is 278 g/mol. The SMILES string of the molecule is CCCCCCCc1nnc(-c2ccc(CN=[N+]=[N-])cc2)o1. The monoisotopic (exact) mass is 299 g/mol. The minimum absolute atomic E-state index is 0.351. The van der Waals surface area contributed by atoms with Gasteiger partial charge in [-0.2, -0.15) is 0 Å². The number of rotatable bonds is 9. The van der Waals surface area contributed by atoms with E-state index < -0.39 is 0 Å². The van der Waals surface area contributed by atoms with Crippen LogP contribution in [-0.2, 0) is 13.0 Å². The van der Waals surface area contributed by atoms with Crippen molar-refractivity contribution < 1.29 is 4.42 Å². The van der Waals surface area contributed by atoms with Crippen LogP contribution in [0.25, 0.3) is 21.9 Å². The van der Waals surface area contributed by atoms with Crippen LogP contribution in [-0.4, -0.2) is 10.2 Å². The van der Waals surface area contributed by atoms with Crippen LogP contribution in [0.4, 0.5) is 0 Å². The van der Waals surface area contributed by atoms with Gasteiger partial charge in [0.1, 0.15) is 0 Å². The Morgan fingerprint density at radius 1 is 1.09 bits per heavy atom. The second-order valence-electron chi connectivity index (χ2n) is 5.25. The number of nitrogens with zero attached hydrogens (tertiary/aromatic N) is 5. The Morgan fingerprint density at radius 2 is 1.86 bits per heavy atom. The number of unbranched alkanes of at least 4 members (excludes halogenated alkanes) is 4. The molecule has 1 heterocycles. The lowest BCUT2D eigenvalue weighted by molar-refractivity contribution is 0.488. The number of azide groups is 1. The van der Waals surface area contributed by atoms with Crippen LogP contribution < -0.4 is 0 Å². The third kappa shape index (κ3) is 4.90. The quantitative estimate of drug-likeness (QED) is 0.280. The zero-order chi connectivity index (χ0) is 15.6. The van der Waals surface area contributed by atoms with Crippen molar-refractivity contribution in [1.29, 1.82) is 0 Å². The molecule has 6 nitrogen and oxygen atoms in total. The molecule has 22 heavy (non-hydrogen) atoms. The molecule has 2 aromatic rings. The fourth-order valence-electron chi connectivity index (χ4n) is 2.22. The van der Waals surface area contributed by atoms with Gasteiger partial charge in [0.05, 0.1) is 6.54 Å². The number of benzene rings is 1. The summed E-state index contributed by atoms with van der Waals surface area (Å²) >= 11 is 0. The fourth-order valence-corrected chi connectivity index (χ4v) is 2.22. The molecule has 0 unspecified atom stereocenters. The van der Waals surface area contributed by atoms with Crippen LogP contribution in [0.1, 0.15) is 50.5 Å².